The minimum Gasteiger partial charge on any atom is -0.468 e. The molecule has 0 radical (unpaired) electrons. The first-order chi connectivity index (χ1) is 14.8. The third-order valence-electron chi connectivity index (χ3n) is 5.47. The smallest absolute Gasteiger partial charge is 0.188 e. The molecule has 30 heavy (non-hydrogen) atoms. The van der Waals surface area contributed by atoms with Gasteiger partial charge in [0, 0.05) is 23.9 Å². The molecule has 0 N–H and O–H groups in total. The Morgan fingerprint density at radius 1 is 0.667 bits per heavy atom. The number of hydrogen-bond acceptors (Lipinski definition) is 3. The minimum atomic E-state index is 0.224. The summed E-state index contributed by atoms with van der Waals surface area (Å²) in [5, 5.41) is 0. The molecule has 0 spiro atoms. The number of fused-ring (bicyclic) bond motifs is 5. The molecule has 0 saturated heterocycles. The minimum absolute atomic E-state index is 0.224. The monoisotopic (exact) mass is 393 g/mol. The number of ether oxygens (including phenoxy) is 2. The maximum Gasteiger partial charge on any atom is 0.188 e. The number of methoxy groups -OCH3 is 1. The van der Waals surface area contributed by atoms with E-state index in [1.165, 1.54) is 27.9 Å². The van der Waals surface area contributed by atoms with Gasteiger partial charge in [0.1, 0.15) is 5.75 Å². The van der Waals surface area contributed by atoms with Crippen molar-refractivity contribution in [1.29, 1.82) is 0 Å². The highest BCUT2D eigenvalue weighted by Crippen LogP contribution is 2.51. The second-order valence-electron chi connectivity index (χ2n) is 7.47. The van der Waals surface area contributed by atoms with Crippen LogP contribution in [0.25, 0.3) is 22.3 Å². The van der Waals surface area contributed by atoms with Gasteiger partial charge in [-0.25, -0.2) is 0 Å². The zero-order valence-corrected chi connectivity index (χ0v) is 17.1. The van der Waals surface area contributed by atoms with Crippen molar-refractivity contribution in [3.63, 3.8) is 0 Å². The van der Waals surface area contributed by atoms with Crippen LogP contribution in [0.2, 0.25) is 0 Å². The molecule has 1 aliphatic rings. The molecule has 148 valence electrons. The summed E-state index contributed by atoms with van der Waals surface area (Å²) in [6.07, 6.45) is 0. The Bertz CT molecular complexity index is 1200. The summed E-state index contributed by atoms with van der Waals surface area (Å²) in [6, 6.07) is 32.0. The van der Waals surface area contributed by atoms with Crippen molar-refractivity contribution in [1.82, 2.24) is 0 Å². The number of anilines is 3. The summed E-state index contributed by atoms with van der Waals surface area (Å²) in [5.41, 5.74) is 9.45. The van der Waals surface area contributed by atoms with Gasteiger partial charge in [0.25, 0.3) is 0 Å². The largest absolute Gasteiger partial charge is 0.468 e. The fourth-order valence-corrected chi connectivity index (χ4v) is 4.14. The van der Waals surface area contributed by atoms with Crippen LogP contribution in [0.1, 0.15) is 5.56 Å². The van der Waals surface area contributed by atoms with Crippen LogP contribution in [0.4, 0.5) is 17.1 Å². The highest BCUT2D eigenvalue weighted by atomic mass is 16.7. The lowest BCUT2D eigenvalue weighted by molar-refractivity contribution is 0.0512. The molecule has 3 nitrogen and oxygen atoms in total. The molecule has 0 bridgehead atoms. The molecular weight excluding hydrogens is 370 g/mol. The number of hydrogen-bond donors (Lipinski definition) is 0. The average molecular weight is 393 g/mol. The summed E-state index contributed by atoms with van der Waals surface area (Å²) < 4.78 is 10.9. The van der Waals surface area contributed by atoms with E-state index in [1.807, 2.05) is 6.07 Å². The Hall–Kier alpha value is -3.56. The van der Waals surface area contributed by atoms with Crippen molar-refractivity contribution in [2.24, 2.45) is 0 Å². The molecule has 1 aliphatic heterocycles. The fraction of sp³-hybridized carbons (Fsp3) is 0.111. The van der Waals surface area contributed by atoms with Gasteiger partial charge in [-0.1, -0.05) is 54.1 Å². The number of aryl methyl sites for hydroxylation is 1. The van der Waals surface area contributed by atoms with Crippen LogP contribution in [0.5, 0.6) is 5.75 Å². The average Bonchev–Trinajstić information content (AvgIpc) is 2.91. The molecule has 0 aliphatic carbocycles. The summed E-state index contributed by atoms with van der Waals surface area (Å²) in [4.78, 5) is 2.34. The van der Waals surface area contributed by atoms with Gasteiger partial charge >= 0.3 is 0 Å². The maximum atomic E-state index is 5.77. The molecular formula is C27H23NO2. The van der Waals surface area contributed by atoms with E-state index in [2.05, 4.69) is 96.8 Å². The second kappa shape index (κ2) is 7.69. The van der Waals surface area contributed by atoms with Crippen molar-refractivity contribution in [2.75, 3.05) is 18.8 Å². The van der Waals surface area contributed by atoms with E-state index >= 15 is 0 Å². The quantitative estimate of drug-likeness (QED) is 0.304. The topological polar surface area (TPSA) is 21.7 Å². The lowest BCUT2D eigenvalue weighted by Crippen LogP contribution is -2.11. The molecule has 5 rings (SSSR count). The van der Waals surface area contributed by atoms with Gasteiger partial charge in [0.2, 0.25) is 0 Å². The summed E-state index contributed by atoms with van der Waals surface area (Å²) in [7, 11) is 1.63. The van der Waals surface area contributed by atoms with Gasteiger partial charge < -0.3 is 14.4 Å². The predicted molar refractivity (Wildman–Crippen MR) is 123 cm³/mol. The van der Waals surface area contributed by atoms with E-state index in [9.17, 15) is 0 Å². The van der Waals surface area contributed by atoms with Gasteiger partial charge in [0.15, 0.2) is 6.79 Å². The molecule has 0 amide bonds. The second-order valence-corrected chi connectivity index (χ2v) is 7.47. The van der Waals surface area contributed by atoms with Crippen molar-refractivity contribution in [2.45, 2.75) is 6.92 Å². The molecule has 0 fully saturated rings. The van der Waals surface area contributed by atoms with E-state index in [4.69, 9.17) is 9.47 Å². The first kappa shape index (κ1) is 18.5. The van der Waals surface area contributed by atoms with Crippen LogP contribution in [-0.4, -0.2) is 13.9 Å². The zero-order valence-electron chi connectivity index (χ0n) is 17.1. The summed E-state index contributed by atoms with van der Waals surface area (Å²) in [6.45, 7) is 2.37. The van der Waals surface area contributed by atoms with Crippen LogP contribution < -0.4 is 9.64 Å². The normalized spacial score (nSPS) is 11.9. The van der Waals surface area contributed by atoms with E-state index < -0.39 is 0 Å². The van der Waals surface area contributed by atoms with Crippen molar-refractivity contribution in [3.8, 4) is 28.0 Å². The third-order valence-corrected chi connectivity index (χ3v) is 5.47. The first-order valence-corrected chi connectivity index (χ1v) is 10.1. The summed E-state index contributed by atoms with van der Waals surface area (Å²) in [5.74, 6) is 0.792. The van der Waals surface area contributed by atoms with Crippen LogP contribution in [0, 0.1) is 6.92 Å². The molecule has 4 aromatic rings. The van der Waals surface area contributed by atoms with Gasteiger partial charge in [-0.05, 0) is 60.5 Å². The Labute approximate surface area is 177 Å². The molecule has 0 unspecified atom stereocenters. The SMILES string of the molecule is COCOc1ccc2c(c1)-c1ccccc1-c1cc(C)ccc1N2c1ccccc1. The van der Waals surface area contributed by atoms with Crippen molar-refractivity contribution >= 4 is 17.1 Å². The lowest BCUT2D eigenvalue weighted by Gasteiger charge is -2.27. The number of nitrogens with zero attached hydrogens (tertiary/aromatic N) is 1. The van der Waals surface area contributed by atoms with Crippen LogP contribution in [0.15, 0.2) is 91.0 Å². The van der Waals surface area contributed by atoms with Gasteiger partial charge in [-0.3, -0.25) is 0 Å². The first-order valence-electron chi connectivity index (χ1n) is 10.1. The fourth-order valence-electron chi connectivity index (χ4n) is 4.14. The number of benzene rings is 4. The lowest BCUT2D eigenvalue weighted by atomic mass is 9.94. The van der Waals surface area contributed by atoms with Crippen LogP contribution in [0.3, 0.4) is 0 Å². The van der Waals surface area contributed by atoms with Gasteiger partial charge in [-0.15, -0.1) is 0 Å². The van der Waals surface area contributed by atoms with Crippen LogP contribution >= 0.6 is 0 Å². The van der Waals surface area contributed by atoms with Gasteiger partial charge in [0.05, 0.1) is 11.4 Å². The summed E-state index contributed by atoms with van der Waals surface area (Å²) >= 11 is 0. The molecule has 0 atom stereocenters. The third kappa shape index (κ3) is 3.14. The molecule has 0 saturated carbocycles. The molecule has 4 aromatic carbocycles. The molecule has 3 heteroatoms. The Balaban J connectivity index is 1.83. The van der Waals surface area contributed by atoms with Gasteiger partial charge in [-0.2, -0.15) is 0 Å². The van der Waals surface area contributed by atoms with E-state index in [1.54, 1.807) is 7.11 Å². The predicted octanol–water partition coefficient (Wildman–Crippen LogP) is 7.09. The standard InChI is InChI=1S/C27H23NO2/c1-19-12-14-26-24(16-19)22-10-6-7-11-23(22)25-17-21(30-18-29-2)13-15-27(25)28(26)20-8-4-3-5-9-20/h3-17H,18H2,1-2H3. The zero-order chi connectivity index (χ0) is 20.5. The highest BCUT2D eigenvalue weighted by Gasteiger charge is 2.26. The maximum absolute atomic E-state index is 5.77. The van der Waals surface area contributed by atoms with Crippen LogP contribution in [-0.2, 0) is 4.74 Å². The van der Waals surface area contributed by atoms with Crippen molar-refractivity contribution in [3.05, 3.63) is 96.6 Å². The van der Waals surface area contributed by atoms with Crippen molar-refractivity contribution < 1.29 is 9.47 Å². The van der Waals surface area contributed by atoms with E-state index in [0.29, 0.717) is 0 Å². The van der Waals surface area contributed by atoms with E-state index in [-0.39, 0.29) is 6.79 Å². The number of rotatable bonds is 4. The Morgan fingerprint density at radius 3 is 2.00 bits per heavy atom. The Morgan fingerprint density at radius 2 is 1.30 bits per heavy atom. The number of para-hydroxylation sites is 1. The highest BCUT2D eigenvalue weighted by molar-refractivity contribution is 6.02. The molecule has 0 aromatic heterocycles. The van der Waals surface area contributed by atoms with E-state index in [0.717, 1.165) is 22.7 Å². The Kier molecular flexibility index (Phi) is 4.74. The molecule has 1 heterocycles.